The number of benzene rings is 1. The Morgan fingerprint density at radius 2 is 2.11 bits per heavy atom. The number of nitrogens with one attached hydrogen (secondary N) is 1. The Bertz CT molecular complexity index is 402. The fraction of sp³-hybridized carbons (Fsp3) is 0.625. The van der Waals surface area contributed by atoms with Crippen LogP contribution in [0.1, 0.15) is 38.2 Å². The van der Waals surface area contributed by atoms with Gasteiger partial charge < -0.3 is 10.1 Å². The van der Waals surface area contributed by atoms with Crippen molar-refractivity contribution < 1.29 is 4.74 Å². The number of rotatable bonds is 5. The Kier molecular flexibility index (Phi) is 5.71. The minimum Gasteiger partial charge on any atom is -0.490 e. The van der Waals surface area contributed by atoms with Crippen molar-refractivity contribution in [1.29, 1.82) is 0 Å². The van der Waals surface area contributed by atoms with Gasteiger partial charge in [0.1, 0.15) is 5.75 Å². The van der Waals surface area contributed by atoms with Gasteiger partial charge in [-0.05, 0) is 70.7 Å². The van der Waals surface area contributed by atoms with Crippen molar-refractivity contribution in [2.45, 2.75) is 45.6 Å². The Hall–Kier alpha value is -0.540. The van der Waals surface area contributed by atoms with Gasteiger partial charge in [0.2, 0.25) is 0 Å². The molecule has 1 fully saturated rings. The van der Waals surface area contributed by atoms with Crippen LogP contribution in [0.4, 0.5) is 0 Å². The average Bonchev–Trinajstić information content (AvgIpc) is 2.43. The molecule has 19 heavy (non-hydrogen) atoms. The third-order valence-corrected chi connectivity index (χ3v) is 4.85. The molecule has 0 spiro atoms. The molecule has 1 heterocycles. The molecule has 0 saturated carbocycles. The summed E-state index contributed by atoms with van der Waals surface area (Å²) in [6.07, 6.45) is 5.38. The van der Waals surface area contributed by atoms with Crippen LogP contribution in [0.15, 0.2) is 22.7 Å². The summed E-state index contributed by atoms with van der Waals surface area (Å²) in [7, 11) is 0. The predicted molar refractivity (Wildman–Crippen MR) is 83.8 cm³/mol. The van der Waals surface area contributed by atoms with Gasteiger partial charge in [0.15, 0.2) is 0 Å². The van der Waals surface area contributed by atoms with E-state index in [2.05, 4.69) is 47.2 Å². The topological polar surface area (TPSA) is 21.3 Å². The molecule has 2 rings (SSSR count). The zero-order chi connectivity index (χ0) is 13.7. The first-order valence-electron chi connectivity index (χ1n) is 7.29. The molecule has 0 amide bonds. The van der Waals surface area contributed by atoms with Crippen LogP contribution in [0, 0.1) is 12.8 Å². The van der Waals surface area contributed by atoms with E-state index < -0.39 is 0 Å². The molecule has 1 atom stereocenters. The summed E-state index contributed by atoms with van der Waals surface area (Å²) in [6.45, 7) is 6.65. The number of hydrogen-bond donors (Lipinski definition) is 1. The summed E-state index contributed by atoms with van der Waals surface area (Å²) in [5.41, 5.74) is 1.19. The summed E-state index contributed by atoms with van der Waals surface area (Å²) >= 11 is 3.55. The Labute approximate surface area is 125 Å². The molecule has 0 unspecified atom stereocenters. The van der Waals surface area contributed by atoms with E-state index in [0.717, 1.165) is 22.6 Å². The second-order valence-electron chi connectivity index (χ2n) is 5.56. The summed E-state index contributed by atoms with van der Waals surface area (Å²) in [5, 5.41) is 3.42. The largest absolute Gasteiger partial charge is 0.490 e. The molecule has 0 aliphatic carbocycles. The number of ether oxygens (including phenoxy) is 1. The molecule has 2 nitrogen and oxygen atoms in total. The monoisotopic (exact) mass is 325 g/mol. The second-order valence-corrected chi connectivity index (χ2v) is 6.42. The molecule has 1 saturated heterocycles. The van der Waals surface area contributed by atoms with Gasteiger partial charge in [-0.1, -0.05) is 22.0 Å². The minimum absolute atomic E-state index is 0.294. The maximum atomic E-state index is 6.07. The van der Waals surface area contributed by atoms with Gasteiger partial charge >= 0.3 is 0 Å². The summed E-state index contributed by atoms with van der Waals surface area (Å²) in [4.78, 5) is 0. The van der Waals surface area contributed by atoms with Gasteiger partial charge in [0.25, 0.3) is 0 Å². The Morgan fingerprint density at radius 1 is 1.37 bits per heavy atom. The fourth-order valence-corrected chi connectivity index (χ4v) is 2.98. The smallest absolute Gasteiger partial charge is 0.123 e. The van der Waals surface area contributed by atoms with E-state index in [4.69, 9.17) is 4.74 Å². The van der Waals surface area contributed by atoms with E-state index in [9.17, 15) is 0 Å². The zero-order valence-corrected chi connectivity index (χ0v) is 13.5. The highest BCUT2D eigenvalue weighted by molar-refractivity contribution is 9.10. The quantitative estimate of drug-likeness (QED) is 0.871. The lowest BCUT2D eigenvalue weighted by atomic mass is 9.92. The second kappa shape index (κ2) is 7.30. The maximum Gasteiger partial charge on any atom is 0.123 e. The van der Waals surface area contributed by atoms with E-state index >= 15 is 0 Å². The Balaban J connectivity index is 1.80. The fourth-order valence-electron chi connectivity index (χ4n) is 2.63. The van der Waals surface area contributed by atoms with Gasteiger partial charge in [0.05, 0.1) is 6.10 Å². The molecule has 1 aliphatic heterocycles. The molecule has 1 aromatic rings. The van der Waals surface area contributed by atoms with E-state index in [1.807, 2.05) is 6.07 Å². The van der Waals surface area contributed by atoms with Crippen LogP contribution in [0.5, 0.6) is 5.75 Å². The number of halogens is 1. The standard InChI is InChI=1S/C16H24BrNO/c1-12(6-7-14-8-10-18-11-9-14)19-16-5-3-4-15(17)13(16)2/h3-5,12,14,18H,6-11H2,1-2H3/t12-/m0/s1. The lowest BCUT2D eigenvalue weighted by molar-refractivity contribution is 0.191. The van der Waals surface area contributed by atoms with Crippen molar-refractivity contribution >= 4 is 15.9 Å². The van der Waals surface area contributed by atoms with E-state index in [-0.39, 0.29) is 0 Å². The average molecular weight is 326 g/mol. The number of piperidine rings is 1. The first kappa shape index (κ1) is 14.9. The molecule has 1 aliphatic rings. The molecule has 0 radical (unpaired) electrons. The molecule has 0 aromatic heterocycles. The van der Waals surface area contributed by atoms with Crippen molar-refractivity contribution in [2.75, 3.05) is 13.1 Å². The van der Waals surface area contributed by atoms with E-state index in [0.29, 0.717) is 6.10 Å². The first-order chi connectivity index (χ1) is 9.16. The minimum atomic E-state index is 0.294. The third kappa shape index (κ3) is 4.50. The van der Waals surface area contributed by atoms with Gasteiger partial charge in [0, 0.05) is 10.0 Å². The van der Waals surface area contributed by atoms with Crippen LogP contribution in [-0.2, 0) is 0 Å². The molecule has 1 aromatic carbocycles. The lowest BCUT2D eigenvalue weighted by Gasteiger charge is -2.24. The molecular weight excluding hydrogens is 302 g/mol. The predicted octanol–water partition coefficient (Wildman–Crippen LogP) is 4.30. The Morgan fingerprint density at radius 3 is 2.84 bits per heavy atom. The summed E-state index contributed by atoms with van der Waals surface area (Å²) in [5.74, 6) is 1.89. The molecular formula is C16H24BrNO. The van der Waals surface area contributed by atoms with Crippen molar-refractivity contribution in [1.82, 2.24) is 5.32 Å². The van der Waals surface area contributed by atoms with Crippen molar-refractivity contribution in [2.24, 2.45) is 5.92 Å². The SMILES string of the molecule is Cc1c(Br)cccc1O[C@@H](C)CCC1CCNCC1. The van der Waals surface area contributed by atoms with Crippen molar-refractivity contribution in [3.63, 3.8) is 0 Å². The summed E-state index contributed by atoms with van der Waals surface area (Å²) < 4.78 is 7.19. The maximum absolute atomic E-state index is 6.07. The lowest BCUT2D eigenvalue weighted by Crippen LogP contribution is -2.28. The highest BCUT2D eigenvalue weighted by atomic mass is 79.9. The molecule has 1 N–H and O–H groups in total. The van der Waals surface area contributed by atoms with Gasteiger partial charge in [-0.3, -0.25) is 0 Å². The van der Waals surface area contributed by atoms with E-state index in [1.165, 1.54) is 37.9 Å². The van der Waals surface area contributed by atoms with Crippen LogP contribution in [0.2, 0.25) is 0 Å². The van der Waals surface area contributed by atoms with Gasteiger partial charge in [-0.15, -0.1) is 0 Å². The normalized spacial score (nSPS) is 18.3. The van der Waals surface area contributed by atoms with Gasteiger partial charge in [-0.25, -0.2) is 0 Å². The van der Waals surface area contributed by atoms with Crippen LogP contribution in [0.3, 0.4) is 0 Å². The van der Waals surface area contributed by atoms with Gasteiger partial charge in [-0.2, -0.15) is 0 Å². The molecule has 3 heteroatoms. The number of hydrogen-bond acceptors (Lipinski definition) is 2. The highest BCUT2D eigenvalue weighted by Gasteiger charge is 2.15. The van der Waals surface area contributed by atoms with Crippen molar-refractivity contribution in [3.8, 4) is 5.75 Å². The van der Waals surface area contributed by atoms with Crippen LogP contribution < -0.4 is 10.1 Å². The molecule has 0 bridgehead atoms. The molecule has 106 valence electrons. The first-order valence-corrected chi connectivity index (χ1v) is 8.08. The van der Waals surface area contributed by atoms with E-state index in [1.54, 1.807) is 0 Å². The third-order valence-electron chi connectivity index (χ3n) is 3.99. The zero-order valence-electron chi connectivity index (χ0n) is 11.9. The van der Waals surface area contributed by atoms with Crippen LogP contribution in [0.25, 0.3) is 0 Å². The van der Waals surface area contributed by atoms with Crippen LogP contribution >= 0.6 is 15.9 Å². The summed E-state index contributed by atoms with van der Waals surface area (Å²) in [6, 6.07) is 6.15. The van der Waals surface area contributed by atoms with Crippen molar-refractivity contribution in [3.05, 3.63) is 28.2 Å². The highest BCUT2D eigenvalue weighted by Crippen LogP contribution is 2.27. The van der Waals surface area contributed by atoms with Crippen LogP contribution in [-0.4, -0.2) is 19.2 Å².